The summed E-state index contributed by atoms with van der Waals surface area (Å²) in [5, 5.41) is 6.97. The van der Waals surface area contributed by atoms with Crippen LogP contribution in [-0.2, 0) is 21.4 Å². The first-order valence-electron chi connectivity index (χ1n) is 7.12. The van der Waals surface area contributed by atoms with Crippen LogP contribution in [0.25, 0.3) is 0 Å². The van der Waals surface area contributed by atoms with E-state index >= 15 is 0 Å². The monoisotopic (exact) mass is 314 g/mol. The van der Waals surface area contributed by atoms with Crippen molar-refractivity contribution in [3.63, 3.8) is 0 Å². The Labute approximate surface area is 125 Å². The lowest BCUT2D eigenvalue weighted by molar-refractivity contribution is -0.126. The van der Waals surface area contributed by atoms with E-state index in [9.17, 15) is 13.2 Å². The van der Waals surface area contributed by atoms with Crippen molar-refractivity contribution >= 4 is 15.9 Å². The molecule has 118 valence electrons. The number of aromatic nitrogens is 2. The van der Waals surface area contributed by atoms with Crippen LogP contribution in [0.2, 0.25) is 0 Å². The van der Waals surface area contributed by atoms with Crippen molar-refractivity contribution in [2.24, 2.45) is 0 Å². The molecule has 1 aliphatic rings. The summed E-state index contributed by atoms with van der Waals surface area (Å²) in [6.45, 7) is 2.86. The van der Waals surface area contributed by atoms with Gasteiger partial charge in [-0.25, -0.2) is 8.42 Å². The van der Waals surface area contributed by atoms with Gasteiger partial charge in [-0.3, -0.25) is 9.48 Å². The molecule has 2 rings (SSSR count). The summed E-state index contributed by atoms with van der Waals surface area (Å²) in [5.74, 6) is -0.222. The highest BCUT2D eigenvalue weighted by Gasteiger charge is 2.34. The molecule has 0 unspecified atom stereocenters. The van der Waals surface area contributed by atoms with Crippen molar-refractivity contribution in [3.8, 4) is 0 Å². The lowest BCUT2D eigenvalue weighted by Crippen LogP contribution is -2.53. The predicted molar refractivity (Wildman–Crippen MR) is 79.0 cm³/mol. The number of hydrogen-bond acceptors (Lipinski definition) is 4. The molecule has 0 aliphatic carbocycles. The van der Waals surface area contributed by atoms with Crippen molar-refractivity contribution < 1.29 is 13.2 Å². The number of carbonyl (C=O) groups excluding carboxylic acids is 1. The van der Waals surface area contributed by atoms with Crippen molar-refractivity contribution in [3.05, 3.63) is 18.5 Å². The van der Waals surface area contributed by atoms with Gasteiger partial charge in [-0.15, -0.1) is 0 Å². The van der Waals surface area contributed by atoms with Gasteiger partial charge in [-0.05, 0) is 25.8 Å². The third-order valence-corrected chi connectivity index (χ3v) is 4.88. The van der Waals surface area contributed by atoms with Gasteiger partial charge >= 0.3 is 0 Å². The molecular weight excluding hydrogens is 292 g/mol. The molecule has 1 aromatic heterocycles. The second kappa shape index (κ2) is 6.57. The molecule has 0 spiro atoms. The summed E-state index contributed by atoms with van der Waals surface area (Å²) in [6.07, 6.45) is 6.92. The third kappa shape index (κ3) is 4.28. The third-order valence-electron chi connectivity index (χ3n) is 3.59. The lowest BCUT2D eigenvalue weighted by atomic mass is 10.0. The first kappa shape index (κ1) is 16.0. The molecule has 1 saturated heterocycles. The van der Waals surface area contributed by atoms with Crippen molar-refractivity contribution in [2.45, 2.75) is 44.8 Å². The number of rotatable bonds is 5. The van der Waals surface area contributed by atoms with Crippen LogP contribution in [0.3, 0.4) is 0 Å². The van der Waals surface area contributed by atoms with E-state index in [1.54, 1.807) is 10.9 Å². The number of amides is 1. The lowest BCUT2D eigenvalue weighted by Gasteiger charge is -2.33. The van der Waals surface area contributed by atoms with E-state index < -0.39 is 16.1 Å². The zero-order chi connectivity index (χ0) is 15.5. The summed E-state index contributed by atoms with van der Waals surface area (Å²) in [5.41, 5.74) is 0. The Balaban J connectivity index is 1.97. The van der Waals surface area contributed by atoms with E-state index in [1.165, 1.54) is 4.31 Å². The summed E-state index contributed by atoms with van der Waals surface area (Å²) >= 11 is 0. The van der Waals surface area contributed by atoms with Gasteiger partial charge in [0.1, 0.15) is 6.04 Å². The molecule has 1 aromatic rings. The number of carbonyl (C=O) groups is 1. The minimum atomic E-state index is -3.35. The van der Waals surface area contributed by atoms with Crippen LogP contribution in [0.1, 0.15) is 26.2 Å². The molecule has 0 radical (unpaired) electrons. The first-order chi connectivity index (χ1) is 9.88. The van der Waals surface area contributed by atoms with E-state index in [-0.39, 0.29) is 11.9 Å². The topological polar surface area (TPSA) is 84.3 Å². The largest absolute Gasteiger partial charge is 0.350 e. The molecule has 0 saturated carbocycles. The van der Waals surface area contributed by atoms with Crippen LogP contribution in [0.5, 0.6) is 0 Å². The maximum Gasteiger partial charge on any atom is 0.238 e. The van der Waals surface area contributed by atoms with Crippen LogP contribution in [0.15, 0.2) is 18.5 Å². The highest BCUT2D eigenvalue weighted by atomic mass is 32.2. The Kier molecular flexibility index (Phi) is 5.00. The van der Waals surface area contributed by atoms with Crippen LogP contribution in [0.4, 0.5) is 0 Å². The highest BCUT2D eigenvalue weighted by molar-refractivity contribution is 7.88. The van der Waals surface area contributed by atoms with Crippen LogP contribution in [-0.4, -0.2) is 53.3 Å². The molecule has 1 fully saturated rings. The molecule has 2 atom stereocenters. The Morgan fingerprint density at radius 1 is 1.48 bits per heavy atom. The second-order valence-electron chi connectivity index (χ2n) is 5.52. The van der Waals surface area contributed by atoms with Crippen LogP contribution >= 0.6 is 0 Å². The normalized spacial score (nSPS) is 21.9. The number of sulfonamides is 1. The van der Waals surface area contributed by atoms with E-state index in [0.717, 1.165) is 19.1 Å². The van der Waals surface area contributed by atoms with Gasteiger partial charge in [0.25, 0.3) is 0 Å². The number of nitrogens with one attached hydrogen (secondary N) is 1. The van der Waals surface area contributed by atoms with Crippen molar-refractivity contribution in [1.82, 2.24) is 19.4 Å². The van der Waals surface area contributed by atoms with Gasteiger partial charge in [-0.2, -0.15) is 9.40 Å². The molecule has 1 N–H and O–H groups in total. The fourth-order valence-electron chi connectivity index (χ4n) is 2.64. The molecule has 7 nitrogen and oxygen atoms in total. The minimum absolute atomic E-state index is 0.110. The summed E-state index contributed by atoms with van der Waals surface area (Å²) in [7, 11) is -3.35. The highest BCUT2D eigenvalue weighted by Crippen LogP contribution is 2.20. The van der Waals surface area contributed by atoms with Gasteiger partial charge in [0, 0.05) is 25.0 Å². The van der Waals surface area contributed by atoms with Crippen LogP contribution in [0, 0.1) is 0 Å². The van der Waals surface area contributed by atoms with Crippen molar-refractivity contribution in [2.75, 3.05) is 12.8 Å². The molecule has 0 aromatic carbocycles. The standard InChI is InChI=1S/C13H22N4O3S/c1-11(10-16-8-5-7-14-16)15-13(18)12-6-3-4-9-17(12)21(2,19)20/h5,7-8,11-12H,3-4,6,9-10H2,1-2H3,(H,15,18)/t11-,12+/m1/s1. The van der Waals surface area contributed by atoms with Crippen molar-refractivity contribution in [1.29, 1.82) is 0 Å². The average molecular weight is 314 g/mol. The Morgan fingerprint density at radius 2 is 2.24 bits per heavy atom. The Hall–Kier alpha value is -1.41. The van der Waals surface area contributed by atoms with Gasteiger partial charge in [0.2, 0.25) is 15.9 Å². The summed E-state index contributed by atoms with van der Waals surface area (Å²) < 4.78 is 26.6. The number of hydrogen-bond donors (Lipinski definition) is 1. The molecule has 8 heteroatoms. The van der Waals surface area contributed by atoms with E-state index in [2.05, 4.69) is 10.4 Å². The fraction of sp³-hybridized carbons (Fsp3) is 0.692. The minimum Gasteiger partial charge on any atom is -0.350 e. The molecule has 2 heterocycles. The molecule has 0 bridgehead atoms. The SMILES string of the molecule is C[C@H](Cn1cccn1)NC(=O)[C@@H]1CCCCN1S(C)(=O)=O. The second-order valence-corrected chi connectivity index (χ2v) is 7.46. The molecular formula is C13H22N4O3S. The van der Waals surface area contributed by atoms with Gasteiger partial charge in [-0.1, -0.05) is 6.42 Å². The van der Waals surface area contributed by atoms with Gasteiger partial charge < -0.3 is 5.32 Å². The molecule has 1 aliphatic heterocycles. The molecule has 21 heavy (non-hydrogen) atoms. The number of nitrogens with zero attached hydrogens (tertiary/aromatic N) is 3. The zero-order valence-corrected chi connectivity index (χ0v) is 13.2. The quantitative estimate of drug-likeness (QED) is 0.841. The summed E-state index contributed by atoms with van der Waals surface area (Å²) in [4.78, 5) is 12.3. The average Bonchev–Trinajstić information content (AvgIpc) is 2.90. The Bertz CT molecular complexity index is 570. The van der Waals surface area contributed by atoms with E-state index in [0.29, 0.717) is 19.5 Å². The van der Waals surface area contributed by atoms with Gasteiger partial charge in [0.05, 0.1) is 12.8 Å². The summed E-state index contributed by atoms with van der Waals surface area (Å²) in [6, 6.07) is 1.12. The zero-order valence-electron chi connectivity index (χ0n) is 12.4. The predicted octanol–water partition coefficient (Wildman–Crippen LogP) is 0.202. The van der Waals surface area contributed by atoms with Crippen LogP contribution < -0.4 is 5.32 Å². The maximum atomic E-state index is 12.3. The molecule has 1 amide bonds. The maximum absolute atomic E-state index is 12.3. The fourth-order valence-corrected chi connectivity index (χ4v) is 3.76. The smallest absolute Gasteiger partial charge is 0.238 e. The van der Waals surface area contributed by atoms with E-state index in [4.69, 9.17) is 0 Å². The Morgan fingerprint density at radius 3 is 2.86 bits per heavy atom. The first-order valence-corrected chi connectivity index (χ1v) is 8.97. The van der Waals surface area contributed by atoms with E-state index in [1.807, 2.05) is 19.2 Å². The number of piperidine rings is 1. The van der Waals surface area contributed by atoms with Gasteiger partial charge in [0.15, 0.2) is 0 Å².